The molecular formula is C26H41N5O6. The van der Waals surface area contributed by atoms with Gasteiger partial charge < -0.3 is 32.5 Å². The first-order chi connectivity index (χ1) is 17.4. The number of hydrogen-bond acceptors (Lipinski definition) is 6. The van der Waals surface area contributed by atoms with Crippen molar-refractivity contribution < 1.29 is 29.1 Å². The highest BCUT2D eigenvalue weighted by Gasteiger charge is 2.33. The number of carboxylic acid groups (broad SMARTS) is 1. The number of aliphatic carboxylic acids is 1. The van der Waals surface area contributed by atoms with Crippen LogP contribution in [0.15, 0.2) is 30.3 Å². The summed E-state index contributed by atoms with van der Waals surface area (Å²) in [5, 5.41) is 17.3. The summed E-state index contributed by atoms with van der Waals surface area (Å²) in [6.07, 6.45) is 0.913. The van der Waals surface area contributed by atoms with Crippen LogP contribution in [0.2, 0.25) is 0 Å². The zero-order valence-electron chi connectivity index (χ0n) is 22.0. The van der Waals surface area contributed by atoms with Crippen LogP contribution < -0.4 is 27.4 Å². The van der Waals surface area contributed by atoms with Gasteiger partial charge in [-0.25, -0.2) is 4.79 Å². The molecule has 1 aromatic carbocycles. The van der Waals surface area contributed by atoms with Gasteiger partial charge in [0, 0.05) is 12.8 Å². The van der Waals surface area contributed by atoms with Crippen LogP contribution in [0.4, 0.5) is 0 Å². The van der Waals surface area contributed by atoms with Gasteiger partial charge in [-0.1, -0.05) is 70.9 Å². The fraction of sp³-hybridized carbons (Fsp3) is 0.577. The van der Waals surface area contributed by atoms with Crippen molar-refractivity contribution in [1.29, 1.82) is 0 Å². The molecule has 0 spiro atoms. The summed E-state index contributed by atoms with van der Waals surface area (Å²) in [7, 11) is 0. The van der Waals surface area contributed by atoms with E-state index in [0.717, 1.165) is 5.56 Å². The maximum atomic E-state index is 13.4. The largest absolute Gasteiger partial charge is 0.480 e. The van der Waals surface area contributed by atoms with Crippen molar-refractivity contribution in [3.63, 3.8) is 0 Å². The van der Waals surface area contributed by atoms with Gasteiger partial charge in [0.15, 0.2) is 0 Å². The zero-order chi connectivity index (χ0) is 28.1. The van der Waals surface area contributed by atoms with Crippen LogP contribution in [0.25, 0.3) is 0 Å². The highest BCUT2D eigenvalue weighted by molar-refractivity contribution is 5.94. The Kier molecular flexibility index (Phi) is 13.3. The summed E-state index contributed by atoms with van der Waals surface area (Å²) in [5.41, 5.74) is 11.9. The number of nitrogens with two attached hydrogens (primary N) is 2. The number of rotatable bonds is 16. The number of carboxylic acids is 1. The first kappa shape index (κ1) is 31.6. The van der Waals surface area contributed by atoms with Gasteiger partial charge in [-0.2, -0.15) is 0 Å². The van der Waals surface area contributed by atoms with Crippen molar-refractivity contribution in [1.82, 2.24) is 16.0 Å². The van der Waals surface area contributed by atoms with E-state index in [0.29, 0.717) is 12.8 Å². The molecule has 0 bridgehead atoms. The predicted octanol–water partition coefficient (Wildman–Crippen LogP) is 0.453. The molecule has 0 aliphatic rings. The number of benzene rings is 1. The summed E-state index contributed by atoms with van der Waals surface area (Å²) in [5.74, 6) is -4.17. The third-order valence-corrected chi connectivity index (χ3v) is 6.56. The third-order valence-electron chi connectivity index (χ3n) is 6.56. The molecule has 0 saturated carbocycles. The van der Waals surface area contributed by atoms with Crippen LogP contribution in [0, 0.1) is 11.8 Å². The minimum atomic E-state index is -1.37. The van der Waals surface area contributed by atoms with Gasteiger partial charge in [-0.15, -0.1) is 0 Å². The van der Waals surface area contributed by atoms with Crippen molar-refractivity contribution in [2.75, 3.05) is 0 Å². The second-order valence-corrected chi connectivity index (χ2v) is 9.44. The average Bonchev–Trinajstić information content (AvgIpc) is 2.87. The van der Waals surface area contributed by atoms with Crippen LogP contribution in [0.5, 0.6) is 0 Å². The quantitative estimate of drug-likeness (QED) is 0.182. The number of primary amides is 1. The lowest BCUT2D eigenvalue weighted by molar-refractivity contribution is -0.142. The summed E-state index contributed by atoms with van der Waals surface area (Å²) >= 11 is 0. The summed E-state index contributed by atoms with van der Waals surface area (Å²) < 4.78 is 0. The van der Waals surface area contributed by atoms with Gasteiger partial charge in [0.2, 0.25) is 23.6 Å². The molecule has 6 atom stereocenters. The Labute approximate surface area is 218 Å². The molecular weight excluding hydrogens is 478 g/mol. The number of carbonyl (C=O) groups excluding carboxylic acids is 4. The van der Waals surface area contributed by atoms with Gasteiger partial charge in [0.25, 0.3) is 0 Å². The first-order valence-electron chi connectivity index (χ1n) is 12.6. The van der Waals surface area contributed by atoms with Crippen molar-refractivity contribution in [3.05, 3.63) is 35.9 Å². The Bertz CT molecular complexity index is 925. The van der Waals surface area contributed by atoms with Crippen LogP contribution in [0.3, 0.4) is 0 Å². The maximum Gasteiger partial charge on any atom is 0.326 e. The lowest BCUT2D eigenvalue weighted by Gasteiger charge is -2.29. The summed E-state index contributed by atoms with van der Waals surface area (Å²) in [4.78, 5) is 62.0. The molecule has 0 heterocycles. The molecule has 6 unspecified atom stereocenters. The van der Waals surface area contributed by atoms with E-state index in [4.69, 9.17) is 11.5 Å². The van der Waals surface area contributed by atoms with Gasteiger partial charge in [0.05, 0.1) is 6.04 Å². The molecule has 0 aromatic heterocycles. The monoisotopic (exact) mass is 519 g/mol. The van der Waals surface area contributed by atoms with Crippen LogP contribution in [-0.2, 0) is 30.4 Å². The lowest BCUT2D eigenvalue weighted by Crippen LogP contribution is -2.59. The number of amides is 4. The summed E-state index contributed by atoms with van der Waals surface area (Å²) in [6.45, 7) is 7.43. The van der Waals surface area contributed by atoms with E-state index < -0.39 is 53.8 Å². The molecule has 11 nitrogen and oxygen atoms in total. The number of carbonyl (C=O) groups is 5. The van der Waals surface area contributed by atoms with E-state index in [1.54, 1.807) is 37.3 Å². The Morgan fingerprint density at radius 3 is 1.92 bits per heavy atom. The van der Waals surface area contributed by atoms with Crippen LogP contribution in [0.1, 0.15) is 58.9 Å². The Morgan fingerprint density at radius 2 is 1.41 bits per heavy atom. The number of nitrogens with one attached hydrogen (secondary N) is 3. The normalized spacial score (nSPS) is 15.8. The molecule has 11 heteroatoms. The van der Waals surface area contributed by atoms with E-state index in [-0.39, 0.29) is 31.1 Å². The van der Waals surface area contributed by atoms with E-state index >= 15 is 0 Å². The molecule has 37 heavy (non-hydrogen) atoms. The highest BCUT2D eigenvalue weighted by atomic mass is 16.4. The van der Waals surface area contributed by atoms with Gasteiger partial charge in [-0.3, -0.25) is 19.2 Å². The number of hydrogen-bond donors (Lipinski definition) is 6. The van der Waals surface area contributed by atoms with Crippen LogP contribution >= 0.6 is 0 Å². The van der Waals surface area contributed by atoms with Crippen molar-refractivity contribution >= 4 is 29.6 Å². The SMILES string of the molecule is CCC(C)C(N)C(=O)NC(C(=O)NC(Cc1ccccc1)C(=O)NC(CCC(N)=O)C(=O)O)C(C)CC. The molecule has 1 aromatic rings. The lowest BCUT2D eigenvalue weighted by atomic mass is 9.95. The van der Waals surface area contributed by atoms with E-state index in [1.807, 2.05) is 20.8 Å². The van der Waals surface area contributed by atoms with E-state index in [1.165, 1.54) is 0 Å². The van der Waals surface area contributed by atoms with Gasteiger partial charge in [-0.05, 0) is 23.8 Å². The minimum Gasteiger partial charge on any atom is -0.480 e. The van der Waals surface area contributed by atoms with E-state index in [2.05, 4.69) is 16.0 Å². The molecule has 206 valence electrons. The minimum absolute atomic E-state index is 0.0775. The zero-order valence-corrected chi connectivity index (χ0v) is 22.0. The Morgan fingerprint density at radius 1 is 0.838 bits per heavy atom. The van der Waals surface area contributed by atoms with Gasteiger partial charge in [0.1, 0.15) is 18.1 Å². The molecule has 0 fully saturated rings. The molecule has 0 saturated heterocycles. The topological polar surface area (TPSA) is 194 Å². The highest BCUT2D eigenvalue weighted by Crippen LogP contribution is 2.12. The first-order valence-corrected chi connectivity index (χ1v) is 12.6. The van der Waals surface area contributed by atoms with Crippen molar-refractivity contribution in [3.8, 4) is 0 Å². The Balaban J connectivity index is 3.16. The Hall–Kier alpha value is -3.47. The van der Waals surface area contributed by atoms with Crippen molar-refractivity contribution in [2.45, 2.75) is 84.0 Å². The smallest absolute Gasteiger partial charge is 0.326 e. The standard InChI is InChI=1S/C26H41N5O6/c1-5-15(3)21(28)24(34)31-22(16(4)6-2)25(35)30-19(14-17-10-8-7-9-11-17)23(33)29-18(26(36)37)12-13-20(27)32/h7-11,15-16,18-19,21-22H,5-6,12-14,28H2,1-4H3,(H2,27,32)(H,29,33)(H,30,35)(H,31,34)(H,36,37). The molecule has 1 rings (SSSR count). The third kappa shape index (κ3) is 10.6. The van der Waals surface area contributed by atoms with Crippen LogP contribution in [-0.4, -0.2) is 58.9 Å². The van der Waals surface area contributed by atoms with Crippen molar-refractivity contribution in [2.24, 2.45) is 23.3 Å². The fourth-order valence-electron chi connectivity index (χ4n) is 3.60. The van der Waals surface area contributed by atoms with Gasteiger partial charge >= 0.3 is 5.97 Å². The molecule has 0 radical (unpaired) electrons. The van der Waals surface area contributed by atoms with E-state index in [9.17, 15) is 29.1 Å². The second-order valence-electron chi connectivity index (χ2n) is 9.44. The maximum absolute atomic E-state index is 13.4. The predicted molar refractivity (Wildman–Crippen MR) is 139 cm³/mol. The molecule has 0 aliphatic carbocycles. The molecule has 0 aliphatic heterocycles. The second kappa shape index (κ2) is 15.6. The average molecular weight is 520 g/mol. The fourth-order valence-corrected chi connectivity index (χ4v) is 3.60. The summed E-state index contributed by atoms with van der Waals surface area (Å²) in [6, 6.07) is 4.63. The molecule has 8 N–H and O–H groups in total. The molecule has 4 amide bonds.